The fourth-order valence-electron chi connectivity index (χ4n) is 8.79. The number of para-hydroxylation sites is 3. The second-order valence-electron chi connectivity index (χ2n) is 14.6. The standard InChI is InChI=1S/C52H32N4O/c1-4-15-33(16-5-1)42-31-43(34-17-6-2-7-18-34)54-52(53-42)35-19-14-22-37(29-35)56-44-25-12-10-24-39(44)50-45(56)27-28-46-51(50)41-30-40-38-23-11-13-26-48(38)57-49(40)32-47(41)55(46)36-20-8-3-9-21-36/h1-32H. The Morgan fingerprint density at radius 1 is 0.333 bits per heavy atom. The molecule has 8 aromatic carbocycles. The van der Waals surface area contributed by atoms with Crippen LogP contribution in [0, 0.1) is 0 Å². The molecule has 12 rings (SSSR count). The Morgan fingerprint density at radius 2 is 0.895 bits per heavy atom. The summed E-state index contributed by atoms with van der Waals surface area (Å²) >= 11 is 0. The van der Waals surface area contributed by atoms with E-state index in [1.807, 2.05) is 18.2 Å². The maximum absolute atomic E-state index is 6.45. The normalized spacial score (nSPS) is 11.9. The SMILES string of the molecule is c1ccc(-c2cc(-c3ccccc3)nc(-c3cccc(-n4c5ccccc5c5c6c7cc8c(cc7n(-c7ccccc7)c6ccc54)oc4ccccc48)c3)n2)cc1. The smallest absolute Gasteiger partial charge is 0.160 e. The van der Waals surface area contributed by atoms with Gasteiger partial charge in [0, 0.05) is 66.4 Å². The molecular weight excluding hydrogens is 697 g/mol. The Labute approximate surface area is 327 Å². The highest BCUT2D eigenvalue weighted by atomic mass is 16.3. The lowest BCUT2D eigenvalue weighted by atomic mass is 10.0. The maximum Gasteiger partial charge on any atom is 0.160 e. The van der Waals surface area contributed by atoms with Gasteiger partial charge in [0.05, 0.1) is 33.5 Å². The minimum Gasteiger partial charge on any atom is -0.456 e. The summed E-state index contributed by atoms with van der Waals surface area (Å²) in [5.41, 5.74) is 13.3. The molecule has 0 spiro atoms. The summed E-state index contributed by atoms with van der Waals surface area (Å²) in [6.07, 6.45) is 0. The molecule has 4 heterocycles. The Balaban J connectivity index is 1.13. The number of aromatic nitrogens is 4. The molecule has 0 atom stereocenters. The third-order valence-corrected chi connectivity index (χ3v) is 11.3. The molecule has 5 heteroatoms. The van der Waals surface area contributed by atoms with Gasteiger partial charge >= 0.3 is 0 Å². The third kappa shape index (κ3) is 4.89. The van der Waals surface area contributed by atoms with Crippen LogP contribution in [-0.4, -0.2) is 19.1 Å². The van der Waals surface area contributed by atoms with E-state index in [0.29, 0.717) is 5.82 Å². The van der Waals surface area contributed by atoms with E-state index in [4.69, 9.17) is 14.4 Å². The molecule has 0 fully saturated rings. The van der Waals surface area contributed by atoms with Crippen molar-refractivity contribution in [3.8, 4) is 45.3 Å². The van der Waals surface area contributed by atoms with Crippen LogP contribution < -0.4 is 0 Å². The van der Waals surface area contributed by atoms with Gasteiger partial charge in [-0.05, 0) is 60.7 Å². The summed E-state index contributed by atoms with van der Waals surface area (Å²) in [6, 6.07) is 68.3. The van der Waals surface area contributed by atoms with Crippen LogP contribution in [0.1, 0.15) is 0 Å². The van der Waals surface area contributed by atoms with Gasteiger partial charge in [-0.2, -0.15) is 0 Å². The summed E-state index contributed by atoms with van der Waals surface area (Å²) in [5, 5.41) is 7.06. The molecule has 0 amide bonds. The van der Waals surface area contributed by atoms with Crippen LogP contribution in [0.2, 0.25) is 0 Å². The number of furan rings is 1. The highest BCUT2D eigenvalue weighted by molar-refractivity contribution is 6.30. The summed E-state index contributed by atoms with van der Waals surface area (Å²) in [4.78, 5) is 10.3. The minimum atomic E-state index is 0.683. The molecule has 0 bridgehead atoms. The van der Waals surface area contributed by atoms with Crippen LogP contribution in [0.5, 0.6) is 0 Å². The second kappa shape index (κ2) is 12.4. The highest BCUT2D eigenvalue weighted by Gasteiger charge is 2.22. The third-order valence-electron chi connectivity index (χ3n) is 11.3. The van der Waals surface area contributed by atoms with Gasteiger partial charge in [0.15, 0.2) is 5.82 Å². The van der Waals surface area contributed by atoms with E-state index in [-0.39, 0.29) is 0 Å². The van der Waals surface area contributed by atoms with Gasteiger partial charge in [0.25, 0.3) is 0 Å². The van der Waals surface area contributed by atoms with Crippen LogP contribution in [0.15, 0.2) is 199 Å². The van der Waals surface area contributed by atoms with Gasteiger partial charge in [0.2, 0.25) is 0 Å². The van der Waals surface area contributed by atoms with E-state index in [9.17, 15) is 0 Å². The average molecular weight is 729 g/mol. The molecule has 0 aliphatic carbocycles. The zero-order valence-electron chi connectivity index (χ0n) is 30.7. The fraction of sp³-hybridized carbons (Fsp3) is 0. The van der Waals surface area contributed by atoms with Gasteiger partial charge in [-0.3, -0.25) is 0 Å². The predicted octanol–water partition coefficient (Wildman–Crippen LogP) is 13.6. The molecule has 0 saturated heterocycles. The van der Waals surface area contributed by atoms with Gasteiger partial charge in [0.1, 0.15) is 11.2 Å². The zero-order valence-corrected chi connectivity index (χ0v) is 30.7. The molecule has 0 aliphatic rings. The summed E-state index contributed by atoms with van der Waals surface area (Å²) in [6.45, 7) is 0. The minimum absolute atomic E-state index is 0.683. The molecule has 0 unspecified atom stereocenters. The van der Waals surface area contributed by atoms with Crippen molar-refractivity contribution in [2.75, 3.05) is 0 Å². The van der Waals surface area contributed by atoms with Crippen molar-refractivity contribution >= 4 is 65.6 Å². The Hall–Kier alpha value is -7.76. The first kappa shape index (κ1) is 31.6. The largest absolute Gasteiger partial charge is 0.456 e. The lowest BCUT2D eigenvalue weighted by Gasteiger charge is -2.12. The van der Waals surface area contributed by atoms with Crippen LogP contribution in [0.4, 0.5) is 0 Å². The fourth-order valence-corrected chi connectivity index (χ4v) is 8.79. The molecule has 5 nitrogen and oxygen atoms in total. The zero-order chi connectivity index (χ0) is 37.5. The highest BCUT2D eigenvalue weighted by Crippen LogP contribution is 2.44. The van der Waals surface area contributed by atoms with Crippen LogP contribution in [0.3, 0.4) is 0 Å². The molecule has 0 aliphatic heterocycles. The van der Waals surface area contributed by atoms with E-state index < -0.39 is 0 Å². The predicted molar refractivity (Wildman–Crippen MR) is 234 cm³/mol. The number of hydrogen-bond donors (Lipinski definition) is 0. The van der Waals surface area contributed by atoms with E-state index in [0.717, 1.165) is 83.5 Å². The molecule has 0 saturated carbocycles. The molecule has 57 heavy (non-hydrogen) atoms. The van der Waals surface area contributed by atoms with Crippen molar-refractivity contribution in [3.05, 3.63) is 194 Å². The van der Waals surface area contributed by atoms with E-state index in [2.05, 4.69) is 185 Å². The van der Waals surface area contributed by atoms with Crippen LogP contribution >= 0.6 is 0 Å². The van der Waals surface area contributed by atoms with E-state index >= 15 is 0 Å². The first-order valence-corrected chi connectivity index (χ1v) is 19.2. The Morgan fingerprint density at radius 3 is 1.61 bits per heavy atom. The lowest BCUT2D eigenvalue weighted by molar-refractivity contribution is 0.669. The van der Waals surface area contributed by atoms with Gasteiger partial charge in [-0.15, -0.1) is 0 Å². The number of benzene rings is 8. The van der Waals surface area contributed by atoms with Crippen molar-refractivity contribution in [3.63, 3.8) is 0 Å². The van der Waals surface area contributed by atoms with Crippen molar-refractivity contribution in [1.29, 1.82) is 0 Å². The first-order chi connectivity index (χ1) is 28.3. The number of hydrogen-bond acceptors (Lipinski definition) is 3. The van der Waals surface area contributed by atoms with Gasteiger partial charge in [-0.1, -0.05) is 127 Å². The summed E-state index contributed by atoms with van der Waals surface area (Å²) in [7, 11) is 0. The topological polar surface area (TPSA) is 48.8 Å². The summed E-state index contributed by atoms with van der Waals surface area (Å²) in [5.74, 6) is 0.683. The van der Waals surface area contributed by atoms with Crippen molar-refractivity contribution in [1.82, 2.24) is 19.1 Å². The Bertz CT molecular complexity index is 3450. The van der Waals surface area contributed by atoms with E-state index in [1.165, 1.54) is 21.5 Å². The molecule has 12 aromatic rings. The van der Waals surface area contributed by atoms with Crippen molar-refractivity contribution in [2.45, 2.75) is 0 Å². The lowest BCUT2D eigenvalue weighted by Crippen LogP contribution is -1.98. The van der Waals surface area contributed by atoms with Crippen molar-refractivity contribution in [2.24, 2.45) is 0 Å². The maximum atomic E-state index is 6.45. The Kier molecular flexibility index (Phi) is 6.86. The summed E-state index contributed by atoms with van der Waals surface area (Å²) < 4.78 is 11.2. The number of fused-ring (bicyclic) bond motifs is 10. The number of rotatable bonds is 5. The average Bonchev–Trinajstić information content (AvgIpc) is 3.93. The molecule has 0 N–H and O–H groups in total. The quantitative estimate of drug-likeness (QED) is 0.177. The molecule has 266 valence electrons. The van der Waals surface area contributed by atoms with Gasteiger partial charge < -0.3 is 13.6 Å². The monoisotopic (exact) mass is 728 g/mol. The first-order valence-electron chi connectivity index (χ1n) is 19.2. The number of nitrogens with zero attached hydrogens (tertiary/aromatic N) is 4. The second-order valence-corrected chi connectivity index (χ2v) is 14.6. The van der Waals surface area contributed by atoms with Crippen molar-refractivity contribution < 1.29 is 4.42 Å². The van der Waals surface area contributed by atoms with Crippen LogP contribution in [-0.2, 0) is 0 Å². The van der Waals surface area contributed by atoms with Crippen LogP contribution in [0.25, 0.3) is 111 Å². The molecular formula is C52H32N4O. The van der Waals surface area contributed by atoms with Gasteiger partial charge in [-0.25, -0.2) is 9.97 Å². The van der Waals surface area contributed by atoms with E-state index in [1.54, 1.807) is 0 Å². The molecule has 4 aromatic heterocycles. The molecule has 0 radical (unpaired) electrons.